The molecule has 30 heavy (non-hydrogen) atoms. The van der Waals surface area contributed by atoms with Gasteiger partial charge in [0.15, 0.2) is 11.5 Å². The number of anilines is 1. The predicted octanol–water partition coefficient (Wildman–Crippen LogP) is 4.28. The molecule has 1 N–H and O–H groups in total. The highest BCUT2D eigenvalue weighted by atomic mass is 16.5. The molecule has 0 bridgehead atoms. The zero-order valence-corrected chi connectivity index (χ0v) is 17.2. The van der Waals surface area contributed by atoms with Crippen LogP contribution in [-0.2, 0) is 6.54 Å². The van der Waals surface area contributed by atoms with Gasteiger partial charge in [-0.1, -0.05) is 23.4 Å². The lowest BCUT2D eigenvalue weighted by molar-refractivity contribution is 0.206. The monoisotopic (exact) mass is 408 g/mol. The maximum absolute atomic E-state index is 12.7. The molecule has 0 unspecified atom stereocenters. The predicted molar refractivity (Wildman–Crippen MR) is 114 cm³/mol. The van der Waals surface area contributed by atoms with Crippen LogP contribution >= 0.6 is 0 Å². The molecule has 3 rings (SSSR count). The van der Waals surface area contributed by atoms with E-state index in [9.17, 15) is 4.79 Å². The summed E-state index contributed by atoms with van der Waals surface area (Å²) in [5.41, 5.74) is 2.48. The summed E-state index contributed by atoms with van der Waals surface area (Å²) in [6, 6.07) is 12.6. The van der Waals surface area contributed by atoms with Crippen LogP contribution in [0.5, 0.6) is 11.5 Å². The van der Waals surface area contributed by atoms with Crippen molar-refractivity contribution in [1.29, 1.82) is 0 Å². The molecule has 8 nitrogen and oxygen atoms in total. The summed E-state index contributed by atoms with van der Waals surface area (Å²) in [6.45, 7) is 6.15. The highest BCUT2D eigenvalue weighted by molar-refractivity contribution is 5.89. The van der Waals surface area contributed by atoms with Gasteiger partial charge in [0.1, 0.15) is 6.54 Å². The Balaban J connectivity index is 1.74. The Labute approximate surface area is 175 Å². The summed E-state index contributed by atoms with van der Waals surface area (Å²) in [5, 5.41) is 6.89. The maximum Gasteiger partial charge on any atom is 0.322 e. The number of rotatable bonds is 8. The van der Waals surface area contributed by atoms with Crippen LogP contribution in [-0.4, -0.2) is 41.8 Å². The third-order valence-corrected chi connectivity index (χ3v) is 4.34. The quantitative estimate of drug-likeness (QED) is 0.560. The van der Waals surface area contributed by atoms with E-state index in [0.717, 1.165) is 5.56 Å². The molecule has 0 radical (unpaired) electrons. The van der Waals surface area contributed by atoms with E-state index >= 15 is 0 Å². The van der Waals surface area contributed by atoms with Gasteiger partial charge in [-0.05, 0) is 42.8 Å². The smallest absolute Gasteiger partial charge is 0.322 e. The second-order valence-electron chi connectivity index (χ2n) is 6.55. The fourth-order valence-electron chi connectivity index (χ4n) is 2.88. The number of aryl methyl sites for hydroxylation is 1. The summed E-state index contributed by atoms with van der Waals surface area (Å²) in [5.74, 6) is 1.87. The molecule has 0 aliphatic rings. The van der Waals surface area contributed by atoms with Crippen LogP contribution in [0.2, 0.25) is 0 Å². The number of urea groups is 1. The number of carbonyl (C=O) groups excluding carboxylic acids is 1. The average Bonchev–Trinajstić information content (AvgIpc) is 3.21. The molecule has 0 aliphatic carbocycles. The van der Waals surface area contributed by atoms with E-state index in [1.54, 1.807) is 32.4 Å². The van der Waals surface area contributed by atoms with E-state index in [1.807, 2.05) is 37.3 Å². The zero-order valence-electron chi connectivity index (χ0n) is 17.2. The third-order valence-electron chi connectivity index (χ3n) is 4.34. The first kappa shape index (κ1) is 20.9. The number of benzene rings is 2. The van der Waals surface area contributed by atoms with E-state index in [0.29, 0.717) is 41.0 Å². The highest BCUT2D eigenvalue weighted by Crippen LogP contribution is 2.31. The minimum Gasteiger partial charge on any atom is -0.493 e. The van der Waals surface area contributed by atoms with Gasteiger partial charge >= 0.3 is 6.03 Å². The van der Waals surface area contributed by atoms with E-state index < -0.39 is 0 Å². The van der Waals surface area contributed by atoms with Crippen molar-refractivity contribution >= 4 is 11.7 Å². The molecule has 1 aromatic heterocycles. The molecular formula is C22H24N4O4. The first-order valence-corrected chi connectivity index (χ1v) is 9.32. The van der Waals surface area contributed by atoms with Crippen molar-refractivity contribution in [2.45, 2.75) is 13.5 Å². The first-order chi connectivity index (χ1) is 14.5. The number of methoxy groups -OCH3 is 2. The molecule has 2 aromatic carbocycles. The normalized spacial score (nSPS) is 10.4. The van der Waals surface area contributed by atoms with Gasteiger partial charge in [-0.15, -0.1) is 6.58 Å². The van der Waals surface area contributed by atoms with Crippen molar-refractivity contribution < 1.29 is 18.8 Å². The lowest BCUT2D eigenvalue weighted by Gasteiger charge is -2.19. The van der Waals surface area contributed by atoms with E-state index in [4.69, 9.17) is 14.0 Å². The molecule has 0 saturated carbocycles. The number of nitrogens with one attached hydrogen (secondary N) is 1. The molecule has 0 aliphatic heterocycles. The molecule has 0 spiro atoms. The van der Waals surface area contributed by atoms with Gasteiger partial charge in [0.05, 0.1) is 14.2 Å². The second-order valence-corrected chi connectivity index (χ2v) is 6.55. The topological polar surface area (TPSA) is 89.7 Å². The van der Waals surface area contributed by atoms with Crippen molar-refractivity contribution in [3.8, 4) is 22.9 Å². The zero-order chi connectivity index (χ0) is 21.5. The fraction of sp³-hybridized carbons (Fsp3) is 0.227. The minimum absolute atomic E-state index is 0.143. The average molecular weight is 408 g/mol. The van der Waals surface area contributed by atoms with Gasteiger partial charge in [-0.25, -0.2) is 4.79 Å². The second kappa shape index (κ2) is 9.60. The Morgan fingerprint density at radius 1 is 1.20 bits per heavy atom. The largest absolute Gasteiger partial charge is 0.493 e. The van der Waals surface area contributed by atoms with Crippen LogP contribution in [0.15, 0.2) is 59.6 Å². The number of ether oxygens (including phenoxy) is 2. The minimum atomic E-state index is -0.286. The van der Waals surface area contributed by atoms with Crippen LogP contribution in [0.3, 0.4) is 0 Å². The molecule has 3 aromatic rings. The number of hydrogen-bond donors (Lipinski definition) is 1. The lowest BCUT2D eigenvalue weighted by Crippen LogP contribution is -2.34. The summed E-state index contributed by atoms with van der Waals surface area (Å²) < 4.78 is 15.9. The van der Waals surface area contributed by atoms with Gasteiger partial charge in [0.2, 0.25) is 11.7 Å². The molecule has 2 amide bonds. The van der Waals surface area contributed by atoms with Crippen molar-refractivity contribution in [1.82, 2.24) is 15.0 Å². The number of aromatic nitrogens is 2. The van der Waals surface area contributed by atoms with Gasteiger partial charge in [0, 0.05) is 17.8 Å². The summed E-state index contributed by atoms with van der Waals surface area (Å²) in [6.07, 6.45) is 1.64. The molecule has 1 heterocycles. The lowest BCUT2D eigenvalue weighted by atomic mass is 10.2. The van der Waals surface area contributed by atoms with Gasteiger partial charge in [-0.3, -0.25) is 0 Å². The van der Waals surface area contributed by atoms with Crippen molar-refractivity contribution in [3.63, 3.8) is 0 Å². The Bertz CT molecular complexity index is 1030. The van der Waals surface area contributed by atoms with E-state index in [2.05, 4.69) is 22.0 Å². The standard InChI is InChI=1S/C22H24N4O4/c1-5-11-26(22(27)23-17-8-6-7-15(2)12-17)14-20-24-21(25-30-20)16-9-10-18(28-3)19(13-16)29-4/h5-10,12-13H,1,11,14H2,2-4H3,(H,23,27). The first-order valence-electron chi connectivity index (χ1n) is 9.32. The van der Waals surface area contributed by atoms with Crippen LogP contribution in [0.1, 0.15) is 11.5 Å². The maximum atomic E-state index is 12.7. The SMILES string of the molecule is C=CCN(Cc1nc(-c2ccc(OC)c(OC)c2)no1)C(=O)Nc1cccc(C)c1. The van der Waals surface area contributed by atoms with Gasteiger partial charge in [-0.2, -0.15) is 4.98 Å². The highest BCUT2D eigenvalue weighted by Gasteiger charge is 2.18. The fourth-order valence-corrected chi connectivity index (χ4v) is 2.88. The molecule has 156 valence electrons. The Morgan fingerprint density at radius 3 is 2.70 bits per heavy atom. The Kier molecular flexibility index (Phi) is 6.69. The van der Waals surface area contributed by atoms with E-state index in [-0.39, 0.29) is 12.6 Å². The Hall–Kier alpha value is -3.81. The summed E-state index contributed by atoms with van der Waals surface area (Å²) in [7, 11) is 3.13. The number of hydrogen-bond acceptors (Lipinski definition) is 6. The van der Waals surface area contributed by atoms with Crippen molar-refractivity contribution in [3.05, 3.63) is 66.6 Å². The van der Waals surface area contributed by atoms with Crippen LogP contribution in [0, 0.1) is 6.92 Å². The van der Waals surface area contributed by atoms with Gasteiger partial charge < -0.3 is 24.2 Å². The van der Waals surface area contributed by atoms with Crippen LogP contribution in [0.25, 0.3) is 11.4 Å². The Morgan fingerprint density at radius 2 is 2.00 bits per heavy atom. The number of amides is 2. The van der Waals surface area contributed by atoms with Crippen molar-refractivity contribution in [2.75, 3.05) is 26.1 Å². The third kappa shape index (κ3) is 4.96. The van der Waals surface area contributed by atoms with Gasteiger partial charge in [0.25, 0.3) is 0 Å². The van der Waals surface area contributed by atoms with Crippen LogP contribution < -0.4 is 14.8 Å². The van der Waals surface area contributed by atoms with Crippen molar-refractivity contribution in [2.24, 2.45) is 0 Å². The number of nitrogens with zero attached hydrogens (tertiary/aromatic N) is 3. The molecule has 0 fully saturated rings. The molecule has 0 saturated heterocycles. The van der Waals surface area contributed by atoms with E-state index in [1.165, 1.54) is 4.90 Å². The molecule has 0 atom stereocenters. The number of carbonyl (C=O) groups is 1. The van der Waals surface area contributed by atoms with Crippen LogP contribution in [0.4, 0.5) is 10.5 Å². The summed E-state index contributed by atoms with van der Waals surface area (Å²) in [4.78, 5) is 18.6. The molecular weight excluding hydrogens is 384 g/mol. The molecule has 8 heteroatoms. The summed E-state index contributed by atoms with van der Waals surface area (Å²) >= 11 is 0.